The number of hydrogen-bond donors (Lipinski definition) is 1. The van der Waals surface area contributed by atoms with E-state index < -0.39 is 10.0 Å². The molecule has 0 saturated carbocycles. The van der Waals surface area contributed by atoms with Crippen LogP contribution in [0.3, 0.4) is 0 Å². The van der Waals surface area contributed by atoms with Gasteiger partial charge in [-0.15, -0.1) is 0 Å². The van der Waals surface area contributed by atoms with E-state index in [2.05, 4.69) is 5.32 Å². The first-order valence-electron chi connectivity index (χ1n) is 7.79. The number of fused-ring (bicyclic) bond motifs is 2. The smallest absolute Gasteiger partial charge is 0.216 e. The van der Waals surface area contributed by atoms with Gasteiger partial charge in [-0.05, 0) is 39.5 Å². The van der Waals surface area contributed by atoms with Gasteiger partial charge in [0.2, 0.25) is 10.0 Å². The average Bonchev–Trinajstić information content (AvgIpc) is 2.68. The SMILES string of the molecule is CCN(C1CC2CCC(C1)N2)S(=O)(=O)CCOC(C)C. The number of nitrogens with zero attached hydrogens (tertiary/aromatic N) is 1. The summed E-state index contributed by atoms with van der Waals surface area (Å²) in [6, 6.07) is 1.19. The van der Waals surface area contributed by atoms with Gasteiger partial charge in [-0.1, -0.05) is 6.92 Å². The number of sulfonamides is 1. The van der Waals surface area contributed by atoms with Crippen LogP contribution in [0.2, 0.25) is 0 Å². The molecule has 2 aliphatic rings. The first-order chi connectivity index (χ1) is 9.42. The Hall–Kier alpha value is -0.170. The van der Waals surface area contributed by atoms with Gasteiger partial charge in [-0.25, -0.2) is 8.42 Å². The molecule has 0 radical (unpaired) electrons. The highest BCUT2D eigenvalue weighted by Crippen LogP contribution is 2.30. The van der Waals surface area contributed by atoms with E-state index >= 15 is 0 Å². The zero-order chi connectivity index (χ0) is 14.8. The molecule has 2 fully saturated rings. The van der Waals surface area contributed by atoms with Crippen molar-refractivity contribution >= 4 is 10.0 Å². The van der Waals surface area contributed by atoms with Crippen LogP contribution in [0, 0.1) is 0 Å². The molecule has 2 bridgehead atoms. The van der Waals surface area contributed by atoms with Crippen molar-refractivity contribution in [2.45, 2.75) is 70.7 Å². The van der Waals surface area contributed by atoms with Crippen LogP contribution in [0.15, 0.2) is 0 Å². The summed E-state index contributed by atoms with van der Waals surface area (Å²) in [6.45, 7) is 6.64. The predicted molar refractivity (Wildman–Crippen MR) is 80.2 cm³/mol. The van der Waals surface area contributed by atoms with Crippen molar-refractivity contribution in [2.75, 3.05) is 18.9 Å². The van der Waals surface area contributed by atoms with E-state index in [9.17, 15) is 8.42 Å². The van der Waals surface area contributed by atoms with E-state index in [4.69, 9.17) is 4.74 Å². The van der Waals surface area contributed by atoms with Gasteiger partial charge in [0, 0.05) is 24.7 Å². The fourth-order valence-corrected chi connectivity index (χ4v) is 5.01. The van der Waals surface area contributed by atoms with Gasteiger partial charge < -0.3 is 10.1 Å². The minimum absolute atomic E-state index is 0.0787. The largest absolute Gasteiger partial charge is 0.378 e. The lowest BCUT2D eigenvalue weighted by molar-refractivity contribution is 0.0903. The topological polar surface area (TPSA) is 58.6 Å². The molecule has 0 aromatic heterocycles. The Balaban J connectivity index is 1.96. The van der Waals surface area contributed by atoms with E-state index in [0.29, 0.717) is 18.6 Å². The molecule has 2 heterocycles. The number of rotatable bonds is 7. The van der Waals surface area contributed by atoms with Crippen molar-refractivity contribution in [2.24, 2.45) is 0 Å². The van der Waals surface area contributed by atoms with Crippen LogP contribution < -0.4 is 5.32 Å². The van der Waals surface area contributed by atoms with Crippen LogP contribution in [0.1, 0.15) is 46.5 Å². The second kappa shape index (κ2) is 6.73. The lowest BCUT2D eigenvalue weighted by Crippen LogP contribution is -2.50. The third kappa shape index (κ3) is 3.93. The van der Waals surface area contributed by atoms with Crippen molar-refractivity contribution in [1.29, 1.82) is 0 Å². The van der Waals surface area contributed by atoms with E-state index in [1.54, 1.807) is 4.31 Å². The lowest BCUT2D eigenvalue weighted by atomic mass is 10.00. The van der Waals surface area contributed by atoms with E-state index in [1.165, 1.54) is 12.8 Å². The third-order valence-electron chi connectivity index (χ3n) is 4.32. The van der Waals surface area contributed by atoms with Crippen molar-refractivity contribution in [3.05, 3.63) is 0 Å². The standard InChI is InChI=1S/C14H28N2O3S/c1-4-16(20(17,18)8-7-19-11(2)3)14-9-12-5-6-13(10-14)15-12/h11-15H,4-10H2,1-3H3. The molecule has 118 valence electrons. The molecule has 20 heavy (non-hydrogen) atoms. The summed E-state index contributed by atoms with van der Waals surface area (Å²) in [4.78, 5) is 0. The Morgan fingerprint density at radius 2 is 1.85 bits per heavy atom. The summed E-state index contributed by atoms with van der Waals surface area (Å²) in [5.41, 5.74) is 0. The lowest BCUT2D eigenvalue weighted by Gasteiger charge is -2.36. The molecule has 0 amide bonds. The fourth-order valence-electron chi connectivity index (χ4n) is 3.45. The Morgan fingerprint density at radius 3 is 2.35 bits per heavy atom. The van der Waals surface area contributed by atoms with Crippen LogP contribution in [0.4, 0.5) is 0 Å². The molecule has 2 saturated heterocycles. The Kier molecular flexibility index (Phi) is 5.45. The third-order valence-corrected chi connectivity index (χ3v) is 6.27. The molecular formula is C14H28N2O3S. The maximum atomic E-state index is 12.5. The zero-order valence-electron chi connectivity index (χ0n) is 12.8. The molecule has 0 aromatic carbocycles. The first kappa shape index (κ1) is 16.2. The van der Waals surface area contributed by atoms with Crippen molar-refractivity contribution in [3.8, 4) is 0 Å². The summed E-state index contributed by atoms with van der Waals surface area (Å²) in [5, 5.41) is 3.56. The molecule has 2 aliphatic heterocycles. The van der Waals surface area contributed by atoms with E-state index in [1.807, 2.05) is 20.8 Å². The number of hydrogen-bond acceptors (Lipinski definition) is 4. The number of nitrogens with one attached hydrogen (secondary N) is 1. The second-order valence-corrected chi connectivity index (χ2v) is 8.24. The Bertz CT molecular complexity index is 399. The van der Waals surface area contributed by atoms with Crippen LogP contribution >= 0.6 is 0 Å². The quantitative estimate of drug-likeness (QED) is 0.771. The summed E-state index contributed by atoms with van der Waals surface area (Å²) in [7, 11) is -3.21. The normalized spacial score (nSPS) is 30.4. The highest BCUT2D eigenvalue weighted by Gasteiger charge is 2.39. The first-order valence-corrected chi connectivity index (χ1v) is 9.40. The molecule has 2 atom stereocenters. The molecule has 0 spiro atoms. The fraction of sp³-hybridized carbons (Fsp3) is 1.00. The van der Waals surface area contributed by atoms with Gasteiger partial charge in [-0.2, -0.15) is 4.31 Å². The summed E-state index contributed by atoms with van der Waals surface area (Å²) in [6.07, 6.45) is 4.36. The van der Waals surface area contributed by atoms with Crippen LogP contribution in [0.5, 0.6) is 0 Å². The van der Waals surface area contributed by atoms with Gasteiger partial charge in [0.25, 0.3) is 0 Å². The maximum Gasteiger partial charge on any atom is 0.216 e. The Labute approximate surface area is 123 Å². The minimum atomic E-state index is -3.21. The zero-order valence-corrected chi connectivity index (χ0v) is 13.7. The second-order valence-electron chi connectivity index (χ2n) is 6.20. The highest BCUT2D eigenvalue weighted by molar-refractivity contribution is 7.89. The molecule has 2 rings (SSSR count). The van der Waals surface area contributed by atoms with Crippen LogP contribution in [-0.4, -0.2) is 55.9 Å². The summed E-state index contributed by atoms with van der Waals surface area (Å²) < 4.78 is 32.1. The monoisotopic (exact) mass is 304 g/mol. The van der Waals surface area contributed by atoms with Crippen molar-refractivity contribution < 1.29 is 13.2 Å². The van der Waals surface area contributed by atoms with Gasteiger partial charge >= 0.3 is 0 Å². The summed E-state index contributed by atoms with van der Waals surface area (Å²) in [5.74, 6) is 0.0955. The molecule has 0 aromatic rings. The van der Waals surface area contributed by atoms with E-state index in [-0.39, 0.29) is 24.5 Å². The van der Waals surface area contributed by atoms with Crippen molar-refractivity contribution in [3.63, 3.8) is 0 Å². The van der Waals surface area contributed by atoms with Crippen molar-refractivity contribution in [1.82, 2.24) is 9.62 Å². The number of piperidine rings is 1. The molecule has 6 heteroatoms. The number of ether oxygens (including phenoxy) is 1. The van der Waals surface area contributed by atoms with Crippen LogP contribution in [0.25, 0.3) is 0 Å². The average molecular weight is 304 g/mol. The van der Waals surface area contributed by atoms with Gasteiger partial charge in [0.15, 0.2) is 0 Å². The van der Waals surface area contributed by atoms with Crippen LogP contribution in [-0.2, 0) is 14.8 Å². The molecule has 5 nitrogen and oxygen atoms in total. The molecule has 1 N–H and O–H groups in total. The molecule has 2 unspecified atom stereocenters. The van der Waals surface area contributed by atoms with Gasteiger partial charge in [0.05, 0.1) is 18.5 Å². The van der Waals surface area contributed by atoms with Gasteiger partial charge in [0.1, 0.15) is 0 Å². The maximum absolute atomic E-state index is 12.5. The van der Waals surface area contributed by atoms with E-state index in [0.717, 1.165) is 12.8 Å². The van der Waals surface area contributed by atoms with Gasteiger partial charge in [-0.3, -0.25) is 0 Å². The Morgan fingerprint density at radius 1 is 1.25 bits per heavy atom. The molecule has 0 aliphatic carbocycles. The minimum Gasteiger partial charge on any atom is -0.378 e. The summed E-state index contributed by atoms with van der Waals surface area (Å²) >= 11 is 0. The highest BCUT2D eigenvalue weighted by atomic mass is 32.2. The molecular weight excluding hydrogens is 276 g/mol. The predicted octanol–water partition coefficient (Wildman–Crippen LogP) is 1.35.